The third kappa shape index (κ3) is 5.83. The molecule has 0 aliphatic heterocycles. The van der Waals surface area contributed by atoms with Gasteiger partial charge in [-0.2, -0.15) is 15.2 Å². The lowest BCUT2D eigenvalue weighted by Crippen LogP contribution is -2.08. The van der Waals surface area contributed by atoms with E-state index in [9.17, 15) is 5.26 Å². The first-order valence-electron chi connectivity index (χ1n) is 20.1. The molecule has 0 spiro atoms. The monoisotopic (exact) mass is 768 g/mol. The highest BCUT2D eigenvalue weighted by molar-refractivity contribution is 6.12. The molecule has 0 amide bonds. The van der Waals surface area contributed by atoms with Crippen LogP contribution in [0.1, 0.15) is 16.7 Å². The molecule has 8 aromatic carbocycles. The van der Waals surface area contributed by atoms with Gasteiger partial charge in [0.2, 0.25) is 5.95 Å². The summed E-state index contributed by atoms with van der Waals surface area (Å²) in [5, 5.41) is 14.9. The van der Waals surface area contributed by atoms with Crippen molar-refractivity contribution in [2.45, 2.75) is 13.8 Å². The van der Waals surface area contributed by atoms with Gasteiger partial charge in [0.1, 0.15) is 0 Å². The number of hydrogen-bond donors (Lipinski definition) is 0. The Morgan fingerprint density at radius 1 is 0.400 bits per heavy atom. The van der Waals surface area contributed by atoms with Gasteiger partial charge in [-0.15, -0.1) is 0 Å². The summed E-state index contributed by atoms with van der Waals surface area (Å²) in [6, 6.07) is 65.7. The van der Waals surface area contributed by atoms with E-state index in [0.29, 0.717) is 23.2 Å². The van der Waals surface area contributed by atoms with Crippen molar-refractivity contribution in [3.63, 3.8) is 0 Å². The largest absolute Gasteiger partial charge is 0.308 e. The van der Waals surface area contributed by atoms with Crippen LogP contribution in [0.5, 0.6) is 0 Å². The van der Waals surface area contributed by atoms with Crippen molar-refractivity contribution in [3.05, 3.63) is 199 Å². The van der Waals surface area contributed by atoms with Crippen LogP contribution in [0, 0.1) is 25.2 Å². The van der Waals surface area contributed by atoms with Gasteiger partial charge < -0.3 is 4.57 Å². The zero-order chi connectivity index (χ0) is 40.3. The number of aromatic nitrogens is 5. The summed E-state index contributed by atoms with van der Waals surface area (Å²) < 4.78 is 4.44. The van der Waals surface area contributed by atoms with E-state index in [-0.39, 0.29) is 0 Å². The van der Waals surface area contributed by atoms with Crippen LogP contribution < -0.4 is 0 Å². The van der Waals surface area contributed by atoms with E-state index >= 15 is 0 Å². The second-order valence-corrected chi connectivity index (χ2v) is 15.4. The first kappa shape index (κ1) is 35.1. The van der Waals surface area contributed by atoms with Crippen LogP contribution in [-0.4, -0.2) is 24.1 Å². The van der Waals surface area contributed by atoms with E-state index in [1.807, 2.05) is 60.7 Å². The number of aryl methyl sites for hydroxylation is 2. The fourth-order valence-corrected chi connectivity index (χ4v) is 8.65. The van der Waals surface area contributed by atoms with Gasteiger partial charge in [0.05, 0.1) is 39.4 Å². The first-order valence-corrected chi connectivity index (χ1v) is 20.1. The minimum Gasteiger partial charge on any atom is -0.308 e. The minimum atomic E-state index is 0.469. The second-order valence-electron chi connectivity index (χ2n) is 15.4. The smallest absolute Gasteiger partial charge is 0.238 e. The number of hydrogen-bond acceptors (Lipinski definition) is 4. The number of nitrogens with zero attached hydrogens (tertiary/aromatic N) is 6. The van der Waals surface area contributed by atoms with Gasteiger partial charge in [-0.1, -0.05) is 126 Å². The van der Waals surface area contributed by atoms with Crippen molar-refractivity contribution >= 4 is 43.6 Å². The molecule has 0 saturated carbocycles. The Labute approximate surface area is 346 Å². The van der Waals surface area contributed by atoms with Gasteiger partial charge in [-0.25, -0.2) is 4.98 Å². The predicted octanol–water partition coefficient (Wildman–Crippen LogP) is 13.2. The van der Waals surface area contributed by atoms with E-state index < -0.39 is 0 Å². The van der Waals surface area contributed by atoms with Crippen LogP contribution >= 0.6 is 0 Å². The molecule has 0 fully saturated rings. The van der Waals surface area contributed by atoms with Crippen LogP contribution in [0.4, 0.5) is 0 Å². The molecule has 0 aliphatic carbocycles. The SMILES string of the molecule is Cc1ccc2c(c1)c1cc(C)ccc1n2-c1nc(-c2ccccc2)nc(-c2cc(C#N)ccc2-n2c3ccc(-c4ccccc4)cc3c3cc(-c4ccccc4)ccc32)n1. The average Bonchev–Trinajstić information content (AvgIpc) is 3.80. The quantitative estimate of drug-likeness (QED) is 0.169. The molecule has 0 aliphatic rings. The lowest BCUT2D eigenvalue weighted by Gasteiger charge is -2.16. The van der Waals surface area contributed by atoms with Crippen molar-refractivity contribution in [1.82, 2.24) is 24.1 Å². The molecule has 6 nitrogen and oxygen atoms in total. The molecule has 282 valence electrons. The highest BCUT2D eigenvalue weighted by Gasteiger charge is 2.23. The Hall–Kier alpha value is -8.14. The third-order valence-electron chi connectivity index (χ3n) is 11.5. The summed E-state index contributed by atoms with van der Waals surface area (Å²) in [4.78, 5) is 15.8. The van der Waals surface area contributed by atoms with Gasteiger partial charge in [-0.3, -0.25) is 4.57 Å². The summed E-state index contributed by atoms with van der Waals surface area (Å²) in [5.74, 6) is 1.51. The zero-order valence-corrected chi connectivity index (χ0v) is 33.0. The Bertz CT molecular complexity index is 3350. The molecule has 0 unspecified atom stereocenters. The lowest BCUT2D eigenvalue weighted by molar-refractivity contribution is 0.951. The van der Waals surface area contributed by atoms with E-state index in [1.165, 1.54) is 11.1 Å². The molecule has 3 heterocycles. The molecular formula is C54H36N6. The summed E-state index contributed by atoms with van der Waals surface area (Å²) in [6.07, 6.45) is 0. The van der Waals surface area contributed by atoms with Crippen LogP contribution in [0.15, 0.2) is 182 Å². The minimum absolute atomic E-state index is 0.469. The average molecular weight is 769 g/mol. The molecule has 0 saturated heterocycles. The van der Waals surface area contributed by atoms with Crippen molar-refractivity contribution in [2.24, 2.45) is 0 Å². The second kappa shape index (κ2) is 14.1. The van der Waals surface area contributed by atoms with Crippen LogP contribution in [0.25, 0.3) is 100 Å². The maximum atomic E-state index is 10.4. The van der Waals surface area contributed by atoms with Crippen molar-refractivity contribution in [1.29, 1.82) is 5.26 Å². The number of benzene rings is 8. The van der Waals surface area contributed by atoms with Gasteiger partial charge in [-0.05, 0) is 103 Å². The highest BCUT2D eigenvalue weighted by Crippen LogP contribution is 2.40. The van der Waals surface area contributed by atoms with Crippen LogP contribution in [0.2, 0.25) is 0 Å². The van der Waals surface area contributed by atoms with Crippen LogP contribution in [0.3, 0.4) is 0 Å². The maximum absolute atomic E-state index is 10.4. The molecule has 0 N–H and O–H groups in total. The first-order chi connectivity index (χ1) is 29.5. The van der Waals surface area contributed by atoms with Gasteiger partial charge in [0.25, 0.3) is 0 Å². The fourth-order valence-electron chi connectivity index (χ4n) is 8.65. The molecule has 0 atom stereocenters. The van der Waals surface area contributed by atoms with Crippen molar-refractivity contribution in [3.8, 4) is 62.7 Å². The molecule has 3 aromatic heterocycles. The predicted molar refractivity (Wildman–Crippen MR) is 244 cm³/mol. The molecule has 6 heteroatoms. The number of rotatable bonds is 6. The Morgan fingerprint density at radius 2 is 0.867 bits per heavy atom. The summed E-state index contributed by atoms with van der Waals surface area (Å²) in [6.45, 7) is 4.24. The van der Waals surface area contributed by atoms with Gasteiger partial charge >= 0.3 is 0 Å². The molecule has 11 rings (SSSR count). The fraction of sp³-hybridized carbons (Fsp3) is 0.0370. The van der Waals surface area contributed by atoms with Gasteiger partial charge in [0.15, 0.2) is 11.6 Å². The van der Waals surface area contributed by atoms with E-state index in [4.69, 9.17) is 15.0 Å². The Balaban J connectivity index is 1.21. The summed E-state index contributed by atoms with van der Waals surface area (Å²) in [7, 11) is 0. The molecular weight excluding hydrogens is 733 g/mol. The maximum Gasteiger partial charge on any atom is 0.238 e. The Morgan fingerprint density at radius 3 is 1.40 bits per heavy atom. The van der Waals surface area contributed by atoms with Crippen LogP contribution in [-0.2, 0) is 0 Å². The van der Waals surface area contributed by atoms with E-state index in [1.54, 1.807) is 0 Å². The van der Waals surface area contributed by atoms with Crippen molar-refractivity contribution in [2.75, 3.05) is 0 Å². The number of nitriles is 1. The molecule has 0 radical (unpaired) electrons. The summed E-state index contributed by atoms with van der Waals surface area (Å²) in [5.41, 5.74) is 14.0. The van der Waals surface area contributed by atoms with E-state index in [2.05, 4.69) is 150 Å². The van der Waals surface area contributed by atoms with E-state index in [0.717, 1.165) is 82.7 Å². The third-order valence-corrected chi connectivity index (χ3v) is 11.5. The standard InChI is InChI=1S/C54H36N6/c1-34-18-23-49-42(28-34)43-29-35(2)19-24-50(43)60(49)54-57-52(39-16-10-5-11-17-39)56-53(58-54)46-30-36(33-55)20-25-51(46)59-47-26-21-40(37-12-6-3-7-13-37)31-44(47)45-32-41(22-27-48(45)59)38-14-8-4-9-15-38/h3-32H,1-2H3. The topological polar surface area (TPSA) is 72.3 Å². The normalized spacial score (nSPS) is 11.5. The zero-order valence-electron chi connectivity index (χ0n) is 33.0. The number of fused-ring (bicyclic) bond motifs is 6. The molecule has 60 heavy (non-hydrogen) atoms. The summed E-state index contributed by atoms with van der Waals surface area (Å²) >= 11 is 0. The lowest BCUT2D eigenvalue weighted by atomic mass is 10.0. The highest BCUT2D eigenvalue weighted by atomic mass is 15.2. The molecule has 0 bridgehead atoms. The Kier molecular flexibility index (Phi) is 8.21. The molecule has 11 aromatic rings. The van der Waals surface area contributed by atoms with Crippen molar-refractivity contribution < 1.29 is 0 Å². The van der Waals surface area contributed by atoms with Gasteiger partial charge in [0, 0.05) is 32.7 Å².